The highest BCUT2D eigenvalue weighted by atomic mass is 19.4. The molecule has 2 aromatic rings. The number of hydrogen-bond acceptors (Lipinski definition) is 6. The van der Waals surface area contributed by atoms with Crippen LogP contribution >= 0.6 is 0 Å². The summed E-state index contributed by atoms with van der Waals surface area (Å²) in [6, 6.07) is 9.50. The Morgan fingerprint density at radius 2 is 0.773 bits per heavy atom. The van der Waals surface area contributed by atoms with Crippen LogP contribution in [0.3, 0.4) is 0 Å². The lowest BCUT2D eigenvalue weighted by Gasteiger charge is -2.49. The molecule has 7 unspecified atom stereocenters. The Bertz CT molecular complexity index is 2300. The number of carbonyl (C=O) groups is 2. The third kappa shape index (κ3) is 11.7. The van der Waals surface area contributed by atoms with E-state index in [0.717, 1.165) is 48.5 Å². The van der Waals surface area contributed by atoms with Crippen molar-refractivity contribution in [2.45, 2.75) is 143 Å². The molecule has 2 aromatic carbocycles. The van der Waals surface area contributed by atoms with Gasteiger partial charge in [-0.1, -0.05) is 55.5 Å². The molecule has 0 spiro atoms. The number of benzene rings is 2. The normalized spacial score (nSPS) is 18.7. The minimum Gasteiger partial charge on any atom is -0.310 e. The van der Waals surface area contributed by atoms with Crippen LogP contribution in [0, 0.1) is 0 Å². The Hall–Kier alpha value is -4.98. The maximum Gasteiger partial charge on any atom is 0.448 e. The minimum atomic E-state index is -7.70. The van der Waals surface area contributed by atoms with Crippen LogP contribution in [0.5, 0.6) is 0 Å². The van der Waals surface area contributed by atoms with Crippen LogP contribution in [-0.2, 0) is 28.5 Å². The first-order valence-corrected chi connectivity index (χ1v) is 20.7. The molecule has 0 N–H and O–H groups in total. The zero-order valence-electron chi connectivity index (χ0n) is 39.0. The Labute approximate surface area is 409 Å². The number of ether oxygens (including phenoxy) is 4. The fourth-order valence-electron chi connectivity index (χ4n) is 7.11. The van der Waals surface area contributed by atoms with Crippen LogP contribution in [0.2, 0.25) is 0 Å². The molecule has 7 atom stereocenters. The monoisotopic (exact) mass is 1140 g/mol. The van der Waals surface area contributed by atoms with E-state index in [-0.39, 0.29) is 16.7 Å². The van der Waals surface area contributed by atoms with E-state index in [2.05, 4.69) is 32.1 Å². The van der Waals surface area contributed by atoms with Crippen molar-refractivity contribution in [1.82, 2.24) is 0 Å². The van der Waals surface area contributed by atoms with Crippen molar-refractivity contribution >= 4 is 23.2 Å². The second kappa shape index (κ2) is 21.4. The maximum absolute atomic E-state index is 16.5. The maximum atomic E-state index is 16.5. The summed E-state index contributed by atoms with van der Waals surface area (Å²) in [7, 11) is 0. The Balaban J connectivity index is 2.79. The summed E-state index contributed by atoms with van der Waals surface area (Å²) in [4.78, 5) is 25.9. The molecule has 8 nitrogen and oxygen atoms in total. The highest BCUT2D eigenvalue weighted by molar-refractivity contribution is 6.01. The second-order valence-electron chi connectivity index (χ2n) is 16.7. The minimum absolute atomic E-state index is 0.118. The summed E-state index contributed by atoms with van der Waals surface area (Å²) in [5.74, 6) is -5.99. The number of carbonyl (C=O) groups excluding carboxylic acids is 2. The molecule has 75 heavy (non-hydrogen) atoms. The van der Waals surface area contributed by atoms with Gasteiger partial charge in [0.25, 0.3) is 11.8 Å². The van der Waals surface area contributed by atoms with Gasteiger partial charge in [0.1, 0.15) is 23.4 Å². The molecule has 2 rings (SSSR count). The molecular weight excluding hydrogens is 1100 g/mol. The number of hydrogen-bond donors (Lipinski definition) is 0. The molecule has 0 aliphatic carbocycles. The van der Waals surface area contributed by atoms with E-state index >= 15 is 52.7 Å². The van der Waals surface area contributed by atoms with Crippen LogP contribution < -0.4 is 9.80 Å². The van der Waals surface area contributed by atoms with E-state index < -0.39 is 173 Å². The van der Waals surface area contributed by atoms with E-state index in [1.165, 1.54) is 12.1 Å². The fourth-order valence-corrected chi connectivity index (χ4v) is 7.11. The van der Waals surface area contributed by atoms with Crippen LogP contribution in [0.25, 0.3) is 0 Å². The molecule has 0 saturated carbocycles. The second-order valence-corrected chi connectivity index (χ2v) is 16.7. The summed E-state index contributed by atoms with van der Waals surface area (Å²) < 4.78 is 377. The number of anilines is 2. The Morgan fingerprint density at radius 3 is 1.04 bits per heavy atom. The predicted octanol–water partition coefficient (Wildman–Crippen LogP) is 13.7. The molecule has 0 bridgehead atoms. The van der Waals surface area contributed by atoms with Gasteiger partial charge in [0.15, 0.2) is 0 Å². The number of para-hydroxylation sites is 2. The highest BCUT2D eigenvalue weighted by Crippen LogP contribution is 2.61. The van der Waals surface area contributed by atoms with Gasteiger partial charge < -0.3 is 28.7 Å². The third-order valence-electron chi connectivity index (χ3n) is 11.4. The van der Waals surface area contributed by atoms with Gasteiger partial charge in [-0.2, -0.15) is 87.8 Å². The molecule has 0 aliphatic rings. The van der Waals surface area contributed by atoms with Crippen molar-refractivity contribution in [1.29, 1.82) is 0 Å². The zero-order valence-corrected chi connectivity index (χ0v) is 39.0. The van der Waals surface area contributed by atoms with Crippen LogP contribution in [-0.4, -0.2) is 120 Å². The summed E-state index contributed by atoms with van der Waals surface area (Å²) in [5.41, 5.74) is -39.4. The van der Waals surface area contributed by atoms with Crippen molar-refractivity contribution in [2.75, 3.05) is 22.9 Å². The molecular formula is C43H42F24N2O6. The quantitative estimate of drug-likeness (QED) is 0.0770. The SMILES string of the molecule is C=CCN(C(=O)C(F)(C(C)OC(F)(F)C(F)(C(F)(F)F)C(C)(C)OC(F)(F)C(F)(F)OC(C)(CC)C(F)(C(F)(F)F)C(F)(F)OC(C)C(F)(C(=O)N(CC=C)c1ccccc1)C(F)(F)F)C(F)(F)F)c1ccccc1. The summed E-state index contributed by atoms with van der Waals surface area (Å²) >= 11 is 0. The topological polar surface area (TPSA) is 77.5 Å². The summed E-state index contributed by atoms with van der Waals surface area (Å²) in [6.07, 6.45) is -69.2. The van der Waals surface area contributed by atoms with Crippen molar-refractivity contribution < 1.29 is 134 Å². The molecule has 0 saturated heterocycles. The molecule has 0 aromatic heterocycles. The molecule has 0 fully saturated rings. The fraction of sp³-hybridized carbons (Fsp3) is 0.581. The highest BCUT2D eigenvalue weighted by Gasteiger charge is 2.86. The predicted molar refractivity (Wildman–Crippen MR) is 213 cm³/mol. The standard InChI is InChI=1S/C43H42F24N2O6/c1-9-22-68(26-18-14-12-15-19-26)28(70)32(44,36(48,49)50)24(4)72-40(60,61)34(46,38(54,55)56)30(6,7)74-42(64,65)43(66,67)75-31(8,11-3)35(47,39(57,58)59)41(62,63)73-25(5)33(45,37(51,52)53)29(71)69(23-10-2)27-20-16-13-17-21-27/h9-10,12-21,24-25H,1-2,11,22-23H2,3-8H3. The average molecular weight is 1140 g/mol. The lowest BCUT2D eigenvalue weighted by atomic mass is 9.81. The zero-order chi connectivity index (χ0) is 59.1. The van der Waals surface area contributed by atoms with Crippen molar-refractivity contribution in [3.8, 4) is 0 Å². The molecule has 0 aliphatic heterocycles. The van der Waals surface area contributed by atoms with Crippen molar-refractivity contribution in [3.05, 3.63) is 86.0 Å². The largest absolute Gasteiger partial charge is 0.448 e. The van der Waals surface area contributed by atoms with Gasteiger partial charge in [0.05, 0.1) is 0 Å². The number of rotatable bonds is 24. The van der Waals surface area contributed by atoms with Gasteiger partial charge in [-0.3, -0.25) is 9.59 Å². The first-order chi connectivity index (χ1) is 33.4. The lowest BCUT2D eigenvalue weighted by molar-refractivity contribution is -0.515. The molecule has 0 radical (unpaired) electrons. The number of amides is 2. The molecule has 2 amide bonds. The average Bonchev–Trinajstić information content (AvgIpc) is 3.26. The lowest BCUT2D eigenvalue weighted by Crippen LogP contribution is -2.74. The number of nitrogens with zero attached hydrogens (tertiary/aromatic N) is 2. The van der Waals surface area contributed by atoms with Gasteiger partial charge in [0, 0.05) is 24.5 Å². The molecule has 428 valence electrons. The number of alkyl halides is 24. The van der Waals surface area contributed by atoms with E-state index in [1.807, 2.05) is 0 Å². The Morgan fingerprint density at radius 1 is 0.480 bits per heavy atom. The van der Waals surface area contributed by atoms with E-state index in [9.17, 15) is 62.3 Å². The van der Waals surface area contributed by atoms with Gasteiger partial charge in [-0.25, -0.2) is 17.6 Å². The molecule has 32 heteroatoms. The third-order valence-corrected chi connectivity index (χ3v) is 11.4. The van der Waals surface area contributed by atoms with Crippen molar-refractivity contribution in [2.24, 2.45) is 0 Å². The number of halogens is 24. The van der Waals surface area contributed by atoms with E-state index in [1.54, 1.807) is 0 Å². The van der Waals surface area contributed by atoms with Crippen molar-refractivity contribution in [3.63, 3.8) is 0 Å². The van der Waals surface area contributed by atoms with Gasteiger partial charge in [-0.05, 0) is 65.3 Å². The Kier molecular flexibility index (Phi) is 18.9. The van der Waals surface area contributed by atoms with E-state index in [4.69, 9.17) is 0 Å². The van der Waals surface area contributed by atoms with Gasteiger partial charge >= 0.3 is 71.8 Å². The van der Waals surface area contributed by atoms with Crippen LogP contribution in [0.4, 0.5) is 117 Å². The smallest absolute Gasteiger partial charge is 0.310 e. The van der Waals surface area contributed by atoms with Gasteiger partial charge in [-0.15, -0.1) is 13.2 Å². The van der Waals surface area contributed by atoms with E-state index in [0.29, 0.717) is 12.2 Å². The van der Waals surface area contributed by atoms with Crippen LogP contribution in [0.15, 0.2) is 86.0 Å². The van der Waals surface area contributed by atoms with Gasteiger partial charge in [0.2, 0.25) is 0 Å². The summed E-state index contributed by atoms with van der Waals surface area (Å²) in [6.45, 7) is -0.415. The first-order valence-electron chi connectivity index (χ1n) is 20.7. The van der Waals surface area contributed by atoms with Crippen LogP contribution in [0.1, 0.15) is 48.0 Å². The first kappa shape index (κ1) is 66.1. The molecule has 0 heterocycles. The summed E-state index contributed by atoms with van der Waals surface area (Å²) in [5, 5.41) is 0.